The Hall–Kier alpha value is -3.33. The number of aliphatic imine (C=N–C) groups is 2. The number of hydrogen-bond donors (Lipinski definition) is 1. The van der Waals surface area contributed by atoms with E-state index in [-0.39, 0.29) is 17.5 Å². The molecule has 0 bridgehead atoms. The topological polar surface area (TPSA) is 69.5 Å². The molecule has 4 rings (SSSR count). The summed E-state index contributed by atoms with van der Waals surface area (Å²) in [6.07, 6.45) is 15.8. The molecule has 0 saturated heterocycles. The summed E-state index contributed by atoms with van der Waals surface area (Å²) in [6.45, 7) is 14.0. The van der Waals surface area contributed by atoms with E-state index in [0.717, 1.165) is 74.0 Å². The highest BCUT2D eigenvalue weighted by Crippen LogP contribution is 2.39. The third-order valence-corrected chi connectivity index (χ3v) is 8.13. The third kappa shape index (κ3) is 7.73. The Bertz CT molecular complexity index is 1350. The second kappa shape index (κ2) is 14.7. The number of nitrogens with one attached hydrogen (secondary N) is 1. The van der Waals surface area contributed by atoms with Crippen LogP contribution >= 0.6 is 11.6 Å². The minimum atomic E-state index is -0.305. The van der Waals surface area contributed by atoms with Crippen molar-refractivity contribution >= 4 is 30.6 Å². The molecular weight excluding hydrogens is 553 g/mol. The summed E-state index contributed by atoms with van der Waals surface area (Å²) in [7, 11) is 0. The second-order valence-corrected chi connectivity index (χ2v) is 11.5. The van der Waals surface area contributed by atoms with Gasteiger partial charge >= 0.3 is 0 Å². The van der Waals surface area contributed by atoms with Crippen molar-refractivity contribution < 1.29 is 13.9 Å². The molecule has 1 N–H and O–H groups in total. The number of allylic oxidation sites excluding steroid dienone is 5. The monoisotopic (exact) mass is 593 g/mol. The van der Waals surface area contributed by atoms with Crippen LogP contribution in [-0.4, -0.2) is 73.2 Å². The summed E-state index contributed by atoms with van der Waals surface area (Å²) in [5.41, 5.74) is 4.03. The number of fused-ring (bicyclic) bond motifs is 1. The number of ether oxygens (including phenoxy) is 1. The van der Waals surface area contributed by atoms with E-state index in [2.05, 4.69) is 59.7 Å². The average Bonchev–Trinajstić information content (AvgIpc) is 3.23. The molecule has 1 amide bonds. The number of halogens is 2. The minimum absolute atomic E-state index is 0.0632. The third-order valence-electron chi connectivity index (χ3n) is 7.89. The highest BCUT2D eigenvalue weighted by atomic mass is 35.5. The predicted molar refractivity (Wildman–Crippen MR) is 169 cm³/mol. The molecule has 0 saturated carbocycles. The van der Waals surface area contributed by atoms with Crippen molar-refractivity contribution in [1.82, 2.24) is 15.1 Å². The van der Waals surface area contributed by atoms with Gasteiger partial charge in [0.05, 0.1) is 29.6 Å². The fourth-order valence-corrected chi connectivity index (χ4v) is 5.63. The maximum atomic E-state index is 14.1. The van der Waals surface area contributed by atoms with Gasteiger partial charge in [0.15, 0.2) is 0 Å². The van der Waals surface area contributed by atoms with Gasteiger partial charge in [0, 0.05) is 37.0 Å². The van der Waals surface area contributed by atoms with Crippen LogP contribution in [0.3, 0.4) is 0 Å². The maximum absolute atomic E-state index is 14.1. The number of rotatable bonds is 14. The SMILES string of the molecule is C=N/C(=C\C=C/Cc1ccc(Cl)cc1F)C1=CCN(CC2=NC3=CC(NC=O)=CCC3(C)N2CC(C)OCCC)CC1. The van der Waals surface area contributed by atoms with Crippen LogP contribution in [0.25, 0.3) is 0 Å². The van der Waals surface area contributed by atoms with E-state index in [9.17, 15) is 9.18 Å². The molecule has 3 aliphatic rings. The van der Waals surface area contributed by atoms with Crippen LogP contribution in [0.15, 0.2) is 87.3 Å². The molecule has 1 aromatic carbocycles. The minimum Gasteiger partial charge on any atom is -0.377 e. The van der Waals surface area contributed by atoms with Crippen LogP contribution in [0.5, 0.6) is 0 Å². The molecule has 224 valence electrons. The number of amides is 1. The van der Waals surface area contributed by atoms with E-state index in [0.29, 0.717) is 30.0 Å². The largest absolute Gasteiger partial charge is 0.377 e. The molecule has 0 fully saturated rings. The van der Waals surface area contributed by atoms with Crippen molar-refractivity contribution in [2.75, 3.05) is 32.8 Å². The fourth-order valence-electron chi connectivity index (χ4n) is 5.48. The van der Waals surface area contributed by atoms with Gasteiger partial charge in [0.1, 0.15) is 11.7 Å². The van der Waals surface area contributed by atoms with Crippen LogP contribution in [0.1, 0.15) is 45.6 Å². The van der Waals surface area contributed by atoms with Gasteiger partial charge in [-0.25, -0.2) is 9.38 Å². The number of nitrogens with zero attached hydrogens (tertiary/aromatic N) is 4. The number of hydrogen-bond acceptors (Lipinski definition) is 6. The summed E-state index contributed by atoms with van der Waals surface area (Å²) in [6, 6.07) is 4.73. The van der Waals surface area contributed by atoms with Gasteiger partial charge in [-0.1, -0.05) is 48.9 Å². The molecule has 9 heteroatoms. The summed E-state index contributed by atoms with van der Waals surface area (Å²) < 4.78 is 20.1. The van der Waals surface area contributed by atoms with Crippen LogP contribution in [0, 0.1) is 5.82 Å². The predicted octanol–water partition coefficient (Wildman–Crippen LogP) is 6.00. The Labute approximate surface area is 253 Å². The zero-order valence-corrected chi connectivity index (χ0v) is 25.5. The lowest BCUT2D eigenvalue weighted by molar-refractivity contribution is -0.108. The summed E-state index contributed by atoms with van der Waals surface area (Å²) in [5.74, 6) is 0.712. The lowest BCUT2D eigenvalue weighted by Gasteiger charge is -2.41. The zero-order chi connectivity index (χ0) is 30.1. The summed E-state index contributed by atoms with van der Waals surface area (Å²) >= 11 is 5.85. The van der Waals surface area contributed by atoms with Crippen LogP contribution in [0.4, 0.5) is 4.39 Å². The van der Waals surface area contributed by atoms with Gasteiger partial charge in [-0.2, -0.15) is 0 Å². The summed E-state index contributed by atoms with van der Waals surface area (Å²) in [4.78, 5) is 25.1. The van der Waals surface area contributed by atoms with Crippen LogP contribution < -0.4 is 5.32 Å². The first kappa shape index (κ1) is 31.6. The molecule has 2 heterocycles. The van der Waals surface area contributed by atoms with Crippen LogP contribution in [-0.2, 0) is 16.0 Å². The second-order valence-electron chi connectivity index (χ2n) is 11.0. The van der Waals surface area contributed by atoms with Gasteiger partial charge in [-0.3, -0.25) is 14.7 Å². The van der Waals surface area contributed by atoms with E-state index < -0.39 is 0 Å². The molecule has 1 aliphatic carbocycles. The normalized spacial score (nSPS) is 21.8. The van der Waals surface area contributed by atoms with Gasteiger partial charge in [-0.15, -0.1) is 0 Å². The maximum Gasteiger partial charge on any atom is 0.211 e. The number of carbonyl (C=O) groups excluding carboxylic acids is 1. The van der Waals surface area contributed by atoms with Gasteiger partial charge in [-0.05, 0) is 81.7 Å². The molecule has 2 atom stereocenters. The first-order chi connectivity index (χ1) is 20.3. The van der Waals surface area contributed by atoms with Crippen LogP contribution in [0.2, 0.25) is 5.02 Å². The highest BCUT2D eigenvalue weighted by Gasteiger charge is 2.44. The smallest absolute Gasteiger partial charge is 0.211 e. The van der Waals surface area contributed by atoms with E-state index >= 15 is 0 Å². The lowest BCUT2D eigenvalue weighted by Crippen LogP contribution is -2.52. The summed E-state index contributed by atoms with van der Waals surface area (Å²) in [5, 5.41) is 3.17. The molecule has 42 heavy (non-hydrogen) atoms. The van der Waals surface area contributed by atoms with Crippen molar-refractivity contribution in [2.45, 2.75) is 58.1 Å². The molecule has 0 radical (unpaired) electrons. The Morgan fingerprint density at radius 2 is 2.21 bits per heavy atom. The van der Waals surface area contributed by atoms with E-state index in [1.807, 2.05) is 24.3 Å². The molecule has 2 unspecified atom stereocenters. The zero-order valence-electron chi connectivity index (χ0n) is 24.8. The van der Waals surface area contributed by atoms with Crippen molar-refractivity contribution in [3.8, 4) is 0 Å². The molecule has 1 aromatic rings. The Morgan fingerprint density at radius 3 is 2.90 bits per heavy atom. The standard InChI is InChI=1S/C33H41ClFN5O2/c1-5-18-42-24(2)21-40-32(38-31-20-28(37-23-41)12-15-33(31,40)3)22-39-16-13-26(14-17-39)30(36-4)9-7-6-8-25-10-11-27(34)19-29(25)35/h6-7,9-13,19-20,23-24H,4-5,8,14-18,21-22H2,1-3H3,(H,37,41)/b7-6-,30-9-. The van der Waals surface area contributed by atoms with Crippen molar-refractivity contribution in [2.24, 2.45) is 9.98 Å². The Balaban J connectivity index is 1.43. The van der Waals surface area contributed by atoms with Crippen molar-refractivity contribution in [3.05, 3.63) is 93.7 Å². The highest BCUT2D eigenvalue weighted by molar-refractivity contribution is 6.30. The molecule has 0 spiro atoms. The number of benzene rings is 1. The molecule has 2 aliphatic heterocycles. The van der Waals surface area contributed by atoms with Gasteiger partial charge in [0.25, 0.3) is 0 Å². The lowest BCUT2D eigenvalue weighted by atomic mass is 9.87. The quantitative estimate of drug-likeness (QED) is 0.163. The first-order valence-corrected chi connectivity index (χ1v) is 14.9. The fraction of sp³-hybridized carbons (Fsp3) is 0.424. The molecule has 0 aromatic heterocycles. The van der Waals surface area contributed by atoms with Gasteiger partial charge in [0.2, 0.25) is 6.41 Å². The van der Waals surface area contributed by atoms with E-state index in [1.165, 1.54) is 6.07 Å². The van der Waals surface area contributed by atoms with E-state index in [4.69, 9.17) is 21.3 Å². The van der Waals surface area contributed by atoms with Gasteiger partial charge < -0.3 is 15.0 Å². The Kier molecular flexibility index (Phi) is 11.1. The van der Waals surface area contributed by atoms with E-state index in [1.54, 1.807) is 12.1 Å². The Morgan fingerprint density at radius 1 is 1.38 bits per heavy atom. The molecule has 7 nitrogen and oxygen atoms in total. The average molecular weight is 594 g/mol. The van der Waals surface area contributed by atoms with Crippen molar-refractivity contribution in [3.63, 3.8) is 0 Å². The molecular formula is C33H41ClFN5O2. The number of amidine groups is 1. The van der Waals surface area contributed by atoms with Crippen molar-refractivity contribution in [1.29, 1.82) is 0 Å². The first-order valence-electron chi connectivity index (χ1n) is 14.6. The number of carbonyl (C=O) groups is 1.